The van der Waals surface area contributed by atoms with Gasteiger partial charge in [-0.2, -0.15) is 25.3 Å². The molecule has 0 saturated heterocycles. The summed E-state index contributed by atoms with van der Waals surface area (Å²) < 4.78 is 94.8. The van der Waals surface area contributed by atoms with Crippen molar-refractivity contribution in [3.8, 4) is 0 Å². The van der Waals surface area contributed by atoms with Crippen molar-refractivity contribution in [1.29, 1.82) is 0 Å². The van der Waals surface area contributed by atoms with E-state index in [2.05, 4.69) is 0 Å². The lowest BCUT2D eigenvalue weighted by Crippen LogP contribution is -2.02. The van der Waals surface area contributed by atoms with E-state index in [9.17, 15) is 0 Å². The van der Waals surface area contributed by atoms with Gasteiger partial charge in [0.05, 0.1) is 6.61 Å². The molecular formula is C2H13NO13S3. The van der Waals surface area contributed by atoms with E-state index in [1.807, 2.05) is 0 Å². The van der Waals surface area contributed by atoms with Gasteiger partial charge in [-0.25, -0.2) is 0 Å². The van der Waals surface area contributed by atoms with Crippen LogP contribution >= 0.6 is 0 Å². The summed E-state index contributed by atoms with van der Waals surface area (Å²) in [6, 6.07) is 0. The first-order chi connectivity index (χ1) is 7.91. The maximum Gasteiger partial charge on any atom is 0.394 e. The lowest BCUT2D eigenvalue weighted by molar-refractivity contribution is 0.306. The minimum atomic E-state index is -4.67. The highest BCUT2D eigenvalue weighted by atomic mass is 32.3. The number of nitrogens with two attached hydrogens (primary N) is 1. The van der Waals surface area contributed by atoms with Gasteiger partial charge in [-0.1, -0.05) is 0 Å². The Labute approximate surface area is 108 Å². The maximum absolute atomic E-state index is 8.74. The second kappa shape index (κ2) is 12.6. The topological polar surface area (TPSA) is 270 Å². The van der Waals surface area contributed by atoms with Gasteiger partial charge >= 0.3 is 31.2 Å². The summed E-state index contributed by atoms with van der Waals surface area (Å²) in [5.74, 6) is 0. The van der Waals surface area contributed by atoms with E-state index in [1.54, 1.807) is 0 Å². The molecule has 0 atom stereocenters. The van der Waals surface area contributed by atoms with Crippen LogP contribution in [-0.4, -0.2) is 70.8 Å². The third kappa shape index (κ3) is 15100. The van der Waals surface area contributed by atoms with Gasteiger partial charge in [0.25, 0.3) is 0 Å². The first kappa shape index (κ1) is 27.0. The largest absolute Gasteiger partial charge is 0.395 e. The van der Waals surface area contributed by atoms with Gasteiger partial charge in [0, 0.05) is 6.54 Å². The quantitative estimate of drug-likeness (QED) is 0.217. The molecule has 122 valence electrons. The Morgan fingerprint density at radius 1 is 0.632 bits per heavy atom. The van der Waals surface area contributed by atoms with Crippen LogP contribution in [0.2, 0.25) is 0 Å². The standard InChI is InChI=1S/C2H7NO.3H2O4S/c3-1-2-4;3*1-5(2,3)4/h4H,1-3H2;3*(H2,1,2,3,4). The average Bonchev–Trinajstić information content (AvgIpc) is 1.93. The predicted molar refractivity (Wildman–Crippen MR) is 58.7 cm³/mol. The highest BCUT2D eigenvalue weighted by molar-refractivity contribution is 7.80. The first-order valence-electron chi connectivity index (χ1n) is 3.32. The molecule has 0 rings (SSSR count). The SMILES string of the molecule is NCCO.O=S(=O)(O)O.O=S(=O)(O)O.O=S(=O)(O)O. The van der Waals surface area contributed by atoms with Crippen LogP contribution < -0.4 is 5.73 Å². The summed E-state index contributed by atoms with van der Waals surface area (Å²) in [5.41, 5.74) is 4.78. The molecule has 0 heterocycles. The van der Waals surface area contributed by atoms with Gasteiger partial charge in [0.1, 0.15) is 0 Å². The Hall–Kier alpha value is -0.470. The fraction of sp³-hybridized carbons (Fsp3) is 1.00. The molecule has 9 N–H and O–H groups in total. The molecule has 0 aromatic heterocycles. The van der Waals surface area contributed by atoms with E-state index >= 15 is 0 Å². The third-order valence-corrected chi connectivity index (χ3v) is 0.129. The molecule has 0 aromatic rings. The Kier molecular flexibility index (Phi) is 17.8. The summed E-state index contributed by atoms with van der Waals surface area (Å²) in [6.07, 6.45) is 0. The van der Waals surface area contributed by atoms with Crippen molar-refractivity contribution in [1.82, 2.24) is 0 Å². The van der Waals surface area contributed by atoms with Gasteiger partial charge in [0.2, 0.25) is 0 Å². The summed E-state index contributed by atoms with van der Waals surface area (Å²) in [4.78, 5) is 0. The van der Waals surface area contributed by atoms with E-state index in [0.29, 0.717) is 6.54 Å². The van der Waals surface area contributed by atoms with Crippen LogP contribution in [0.15, 0.2) is 0 Å². The third-order valence-electron chi connectivity index (χ3n) is 0.129. The van der Waals surface area contributed by atoms with Crippen LogP contribution in [0.4, 0.5) is 0 Å². The Morgan fingerprint density at radius 2 is 0.684 bits per heavy atom. The number of hydrogen-bond donors (Lipinski definition) is 8. The highest BCUT2D eigenvalue weighted by Gasteiger charge is 1.85. The van der Waals surface area contributed by atoms with E-state index in [-0.39, 0.29) is 6.61 Å². The predicted octanol–water partition coefficient (Wildman–Crippen LogP) is -3.02. The maximum atomic E-state index is 8.74. The summed E-state index contributed by atoms with van der Waals surface area (Å²) in [6.45, 7) is 0.472. The van der Waals surface area contributed by atoms with E-state index in [0.717, 1.165) is 0 Å². The molecule has 0 aliphatic carbocycles. The molecular weight excluding hydrogens is 342 g/mol. The smallest absolute Gasteiger partial charge is 0.394 e. The minimum absolute atomic E-state index is 0.0972. The van der Waals surface area contributed by atoms with Crippen molar-refractivity contribution in [2.24, 2.45) is 5.73 Å². The molecule has 0 bridgehead atoms. The van der Waals surface area contributed by atoms with Crippen LogP contribution in [0.3, 0.4) is 0 Å². The first-order valence-corrected chi connectivity index (χ1v) is 7.51. The van der Waals surface area contributed by atoms with Gasteiger partial charge in [0.15, 0.2) is 0 Å². The Bertz CT molecular complexity index is 373. The van der Waals surface area contributed by atoms with Gasteiger partial charge in [-0.15, -0.1) is 0 Å². The van der Waals surface area contributed by atoms with Crippen LogP contribution in [0.25, 0.3) is 0 Å². The number of aliphatic hydroxyl groups is 1. The highest BCUT2D eigenvalue weighted by Crippen LogP contribution is 1.60. The lowest BCUT2D eigenvalue weighted by Gasteiger charge is -1.71. The fourth-order valence-electron chi connectivity index (χ4n) is 0. The van der Waals surface area contributed by atoms with Crippen LogP contribution in [-0.2, 0) is 31.2 Å². The van der Waals surface area contributed by atoms with Crippen molar-refractivity contribution < 1.29 is 57.7 Å². The molecule has 0 amide bonds. The lowest BCUT2D eigenvalue weighted by atomic mass is 10.8. The molecule has 0 fully saturated rings. The molecule has 17 heteroatoms. The molecule has 0 unspecified atom stereocenters. The van der Waals surface area contributed by atoms with Crippen molar-refractivity contribution in [3.63, 3.8) is 0 Å². The van der Waals surface area contributed by atoms with Crippen LogP contribution in [0.5, 0.6) is 0 Å². The Balaban J connectivity index is -0.0000000793. The van der Waals surface area contributed by atoms with Crippen molar-refractivity contribution in [2.75, 3.05) is 13.2 Å². The second-order valence-electron chi connectivity index (χ2n) is 1.86. The molecule has 0 spiro atoms. The van der Waals surface area contributed by atoms with E-state index < -0.39 is 31.2 Å². The molecule has 0 aliphatic heterocycles. The number of hydrogen-bond acceptors (Lipinski definition) is 8. The fourth-order valence-corrected chi connectivity index (χ4v) is 0. The molecule has 0 aromatic carbocycles. The minimum Gasteiger partial charge on any atom is -0.395 e. The summed E-state index contributed by atoms with van der Waals surface area (Å²) in [5, 5.41) is 7.75. The Morgan fingerprint density at radius 3 is 0.684 bits per heavy atom. The second-order valence-corrected chi connectivity index (χ2v) is 4.54. The van der Waals surface area contributed by atoms with Gasteiger partial charge in [-0.3, -0.25) is 27.3 Å². The summed E-state index contributed by atoms with van der Waals surface area (Å²) >= 11 is 0. The number of rotatable bonds is 1. The van der Waals surface area contributed by atoms with Crippen molar-refractivity contribution >= 4 is 31.2 Å². The molecule has 14 nitrogen and oxygen atoms in total. The van der Waals surface area contributed by atoms with Crippen molar-refractivity contribution in [3.05, 3.63) is 0 Å². The van der Waals surface area contributed by atoms with Crippen LogP contribution in [0.1, 0.15) is 0 Å². The molecule has 0 saturated carbocycles. The van der Waals surface area contributed by atoms with E-state index in [1.165, 1.54) is 0 Å². The zero-order valence-electron chi connectivity index (χ0n) is 8.80. The number of aliphatic hydroxyl groups excluding tert-OH is 1. The van der Waals surface area contributed by atoms with Crippen LogP contribution in [0, 0.1) is 0 Å². The van der Waals surface area contributed by atoms with Gasteiger partial charge in [-0.05, 0) is 0 Å². The normalized spacial score (nSPS) is 10.7. The zero-order valence-corrected chi connectivity index (χ0v) is 11.2. The molecule has 0 aliphatic rings. The monoisotopic (exact) mass is 355 g/mol. The van der Waals surface area contributed by atoms with Gasteiger partial charge < -0.3 is 10.8 Å². The molecule has 0 radical (unpaired) electrons. The molecule has 19 heavy (non-hydrogen) atoms. The van der Waals surface area contributed by atoms with Crippen molar-refractivity contribution in [2.45, 2.75) is 0 Å². The average molecular weight is 355 g/mol. The zero-order chi connectivity index (χ0) is 16.9. The summed E-state index contributed by atoms with van der Waals surface area (Å²) in [7, 11) is -14.0. The van der Waals surface area contributed by atoms with E-state index in [4.69, 9.17) is 63.4 Å².